The molecule has 0 spiro atoms. The predicted molar refractivity (Wildman–Crippen MR) is 114 cm³/mol. The Balaban J connectivity index is 1.63. The summed E-state index contributed by atoms with van der Waals surface area (Å²) in [4.78, 5) is 13.5. The minimum atomic E-state index is -4.57. The first-order valence-corrected chi connectivity index (χ1v) is 10.3. The molecule has 0 aliphatic carbocycles. The van der Waals surface area contributed by atoms with Crippen LogP contribution in [0, 0.1) is 0 Å². The molecule has 0 bridgehead atoms. The number of carbonyl (C=O) groups is 1. The van der Waals surface area contributed by atoms with Gasteiger partial charge in [-0.2, -0.15) is 13.2 Å². The van der Waals surface area contributed by atoms with Crippen LogP contribution in [0.2, 0.25) is 0 Å². The molecule has 0 unspecified atom stereocenters. The van der Waals surface area contributed by atoms with Crippen LogP contribution in [-0.4, -0.2) is 38.4 Å². The number of nitrogens with zero attached hydrogens (tertiary/aromatic N) is 2. The van der Waals surface area contributed by atoms with Gasteiger partial charge >= 0.3 is 12.1 Å². The van der Waals surface area contributed by atoms with Gasteiger partial charge < -0.3 is 18.9 Å². The Morgan fingerprint density at radius 3 is 2.50 bits per heavy atom. The number of methoxy groups -OCH3 is 1. The van der Waals surface area contributed by atoms with Gasteiger partial charge in [0, 0.05) is 24.8 Å². The molecule has 2 aromatic carbocycles. The second-order valence-electron chi connectivity index (χ2n) is 7.36. The summed E-state index contributed by atoms with van der Waals surface area (Å²) in [6.07, 6.45) is -2.65. The quantitative estimate of drug-likeness (QED) is 0.317. The Morgan fingerprint density at radius 2 is 1.88 bits per heavy atom. The van der Waals surface area contributed by atoms with Crippen molar-refractivity contribution in [2.24, 2.45) is 0 Å². The van der Waals surface area contributed by atoms with Crippen LogP contribution >= 0.6 is 0 Å². The molecule has 0 N–H and O–H groups in total. The third-order valence-corrected chi connectivity index (χ3v) is 5.09. The second-order valence-corrected chi connectivity index (χ2v) is 7.36. The smallest absolute Gasteiger partial charge is 0.437 e. The molecule has 172 valence electrons. The molecule has 3 aromatic rings. The molecule has 32 heavy (non-hydrogen) atoms. The third kappa shape index (κ3) is 5.15. The number of rotatable bonds is 9. The predicted octanol–water partition coefficient (Wildman–Crippen LogP) is 5.49. The highest BCUT2D eigenvalue weighted by atomic mass is 19.4. The van der Waals surface area contributed by atoms with Gasteiger partial charge in [0.15, 0.2) is 11.3 Å². The van der Waals surface area contributed by atoms with E-state index >= 15 is 0 Å². The van der Waals surface area contributed by atoms with Crippen LogP contribution in [0.25, 0.3) is 11.0 Å². The lowest BCUT2D eigenvalue weighted by Crippen LogP contribution is -2.20. The van der Waals surface area contributed by atoms with E-state index in [0.717, 1.165) is 12.1 Å². The number of fused-ring (bicyclic) bond motifs is 1. The topological polar surface area (TPSA) is 64.8 Å². The molecule has 6 nitrogen and oxygen atoms in total. The molecule has 1 heterocycles. The van der Waals surface area contributed by atoms with E-state index in [1.54, 1.807) is 18.2 Å². The third-order valence-electron chi connectivity index (χ3n) is 5.09. The van der Waals surface area contributed by atoms with Crippen molar-refractivity contribution in [3.8, 4) is 5.75 Å². The molecule has 0 aliphatic rings. The minimum absolute atomic E-state index is 0.0524. The summed E-state index contributed by atoms with van der Waals surface area (Å²) < 4.78 is 55.0. The Bertz CT molecular complexity index is 1060. The van der Waals surface area contributed by atoms with Crippen LogP contribution < -0.4 is 9.64 Å². The van der Waals surface area contributed by atoms with Gasteiger partial charge in [-0.15, -0.1) is 0 Å². The maximum atomic E-state index is 13.1. The van der Waals surface area contributed by atoms with Gasteiger partial charge in [-0.3, -0.25) is 0 Å². The minimum Gasteiger partial charge on any atom is -0.493 e. The molecule has 0 radical (unpaired) electrons. The first-order valence-electron chi connectivity index (χ1n) is 10.3. The maximum absolute atomic E-state index is 13.1. The summed E-state index contributed by atoms with van der Waals surface area (Å²) >= 11 is 0. The highest BCUT2D eigenvalue weighted by molar-refractivity contribution is 5.89. The summed E-state index contributed by atoms with van der Waals surface area (Å²) in [6, 6.07) is 9.97. The lowest BCUT2D eigenvalue weighted by molar-refractivity contribution is -0.141. The van der Waals surface area contributed by atoms with Crippen molar-refractivity contribution in [2.45, 2.75) is 32.4 Å². The van der Waals surface area contributed by atoms with Gasteiger partial charge in [0.1, 0.15) is 5.75 Å². The zero-order valence-corrected chi connectivity index (χ0v) is 18.2. The van der Waals surface area contributed by atoms with Crippen LogP contribution in [0.3, 0.4) is 0 Å². The molecular weight excluding hydrogens is 425 g/mol. The highest BCUT2D eigenvalue weighted by Crippen LogP contribution is 2.38. The molecule has 0 aliphatic heterocycles. The number of halogens is 3. The van der Waals surface area contributed by atoms with E-state index in [-0.39, 0.29) is 16.9 Å². The van der Waals surface area contributed by atoms with Crippen molar-refractivity contribution < 1.29 is 32.0 Å². The Kier molecular flexibility index (Phi) is 7.27. The SMILES string of the molecule is CCCc1c(OCCCN(C)c2ccc(C(=O)OC)cc2)ccc2c(C(F)(F)F)noc12. The van der Waals surface area contributed by atoms with E-state index in [2.05, 4.69) is 5.16 Å². The monoisotopic (exact) mass is 450 g/mol. The van der Waals surface area contributed by atoms with E-state index in [1.807, 2.05) is 31.0 Å². The van der Waals surface area contributed by atoms with Crippen LogP contribution in [0.4, 0.5) is 18.9 Å². The van der Waals surface area contributed by atoms with Crippen LogP contribution in [0.5, 0.6) is 5.75 Å². The summed E-state index contributed by atoms with van der Waals surface area (Å²) in [6.45, 7) is 3.00. The molecular formula is C23H25F3N2O4. The van der Waals surface area contributed by atoms with Crippen molar-refractivity contribution in [3.05, 3.63) is 53.2 Å². The number of aryl methyl sites for hydroxylation is 1. The van der Waals surface area contributed by atoms with Crippen LogP contribution in [-0.2, 0) is 17.3 Å². The van der Waals surface area contributed by atoms with Gasteiger partial charge in [-0.25, -0.2) is 4.79 Å². The van der Waals surface area contributed by atoms with Gasteiger partial charge in [0.05, 0.1) is 24.7 Å². The summed E-state index contributed by atoms with van der Waals surface area (Å²) in [5.41, 5.74) is 1.12. The van der Waals surface area contributed by atoms with E-state index in [0.29, 0.717) is 42.9 Å². The summed E-state index contributed by atoms with van der Waals surface area (Å²) in [5, 5.41) is 3.18. The zero-order valence-electron chi connectivity index (χ0n) is 18.2. The van der Waals surface area contributed by atoms with Crippen molar-refractivity contribution in [1.29, 1.82) is 0 Å². The van der Waals surface area contributed by atoms with E-state index < -0.39 is 11.9 Å². The number of benzene rings is 2. The number of hydrogen-bond donors (Lipinski definition) is 0. The lowest BCUT2D eigenvalue weighted by atomic mass is 10.0. The average molecular weight is 450 g/mol. The summed E-state index contributed by atoms with van der Waals surface area (Å²) in [5.74, 6) is 0.121. The van der Waals surface area contributed by atoms with E-state index in [1.165, 1.54) is 13.2 Å². The average Bonchev–Trinajstić information content (AvgIpc) is 3.22. The van der Waals surface area contributed by atoms with Crippen LogP contribution in [0.15, 0.2) is 40.9 Å². The van der Waals surface area contributed by atoms with Gasteiger partial charge in [-0.05, 0) is 49.2 Å². The number of ether oxygens (including phenoxy) is 2. The lowest BCUT2D eigenvalue weighted by Gasteiger charge is -2.20. The second kappa shape index (κ2) is 9.93. The van der Waals surface area contributed by atoms with Crippen molar-refractivity contribution in [1.82, 2.24) is 5.16 Å². The molecule has 3 rings (SSSR count). The number of alkyl halides is 3. The molecule has 0 saturated heterocycles. The largest absolute Gasteiger partial charge is 0.493 e. The highest BCUT2D eigenvalue weighted by Gasteiger charge is 2.37. The molecule has 9 heteroatoms. The van der Waals surface area contributed by atoms with Gasteiger partial charge in [0.2, 0.25) is 0 Å². The maximum Gasteiger partial charge on any atom is 0.437 e. The number of esters is 1. The fourth-order valence-electron chi connectivity index (χ4n) is 3.45. The Hall–Kier alpha value is -3.23. The van der Waals surface area contributed by atoms with Gasteiger partial charge in [0.25, 0.3) is 0 Å². The number of hydrogen-bond acceptors (Lipinski definition) is 6. The Labute approximate surface area is 183 Å². The van der Waals surface area contributed by atoms with Crippen molar-refractivity contribution >= 4 is 22.6 Å². The fraction of sp³-hybridized carbons (Fsp3) is 0.391. The fourth-order valence-corrected chi connectivity index (χ4v) is 3.45. The van der Waals surface area contributed by atoms with E-state index in [4.69, 9.17) is 14.0 Å². The molecule has 0 amide bonds. The standard InChI is InChI=1S/C23H25F3N2O4/c1-4-6-17-19(12-11-18-20(17)32-27-21(18)23(24,25)26)31-14-5-13-28(2)16-9-7-15(8-10-16)22(29)30-3/h7-12H,4-6,13-14H2,1-3H3. The normalized spacial score (nSPS) is 11.6. The van der Waals surface area contributed by atoms with Crippen molar-refractivity contribution in [2.75, 3.05) is 32.2 Å². The first-order chi connectivity index (χ1) is 15.3. The molecule has 0 atom stereocenters. The molecule has 0 fully saturated rings. The van der Waals surface area contributed by atoms with Gasteiger partial charge in [-0.1, -0.05) is 18.5 Å². The first kappa shape index (κ1) is 23.4. The van der Waals surface area contributed by atoms with Crippen molar-refractivity contribution in [3.63, 3.8) is 0 Å². The number of carbonyl (C=O) groups excluding carboxylic acids is 1. The zero-order chi connectivity index (χ0) is 23.3. The molecule has 1 aromatic heterocycles. The van der Waals surface area contributed by atoms with Crippen LogP contribution in [0.1, 0.15) is 41.4 Å². The Morgan fingerprint density at radius 1 is 1.16 bits per heavy atom. The molecule has 0 saturated carbocycles. The van der Waals surface area contributed by atoms with E-state index in [9.17, 15) is 18.0 Å². The summed E-state index contributed by atoms with van der Waals surface area (Å²) in [7, 11) is 3.26. The number of anilines is 1. The number of aromatic nitrogens is 1.